The van der Waals surface area contributed by atoms with Crippen LogP contribution in [0.1, 0.15) is 12.0 Å². The molecule has 0 fully saturated rings. The van der Waals surface area contributed by atoms with Gasteiger partial charge in [0.25, 0.3) is 0 Å². The van der Waals surface area contributed by atoms with Crippen LogP contribution in [-0.2, 0) is 0 Å². The summed E-state index contributed by atoms with van der Waals surface area (Å²) in [6.45, 7) is 6.93. The molecule has 1 N–H and O–H groups in total. The number of nitrogens with one attached hydrogen (secondary N) is 1. The van der Waals surface area contributed by atoms with Gasteiger partial charge in [-0.2, -0.15) is 0 Å². The Kier molecular flexibility index (Phi) is 3.03. The number of aromatic amines is 1. The third kappa shape index (κ3) is 2.00. The fourth-order valence-corrected chi connectivity index (χ4v) is 2.64. The SMILES string of the molecule is C=CCN1CC=C(c2c[nH]c3ccccc23)CC1. The van der Waals surface area contributed by atoms with Gasteiger partial charge in [-0.1, -0.05) is 30.4 Å². The lowest BCUT2D eigenvalue weighted by Gasteiger charge is -2.24. The van der Waals surface area contributed by atoms with E-state index in [9.17, 15) is 0 Å². The highest BCUT2D eigenvalue weighted by Gasteiger charge is 2.14. The highest BCUT2D eigenvalue weighted by molar-refractivity contribution is 5.92. The Hall–Kier alpha value is -1.80. The summed E-state index contributed by atoms with van der Waals surface area (Å²) < 4.78 is 0. The highest BCUT2D eigenvalue weighted by atomic mass is 15.1. The molecule has 3 rings (SSSR count). The van der Waals surface area contributed by atoms with Crippen LogP contribution in [0, 0.1) is 0 Å². The van der Waals surface area contributed by atoms with Crippen LogP contribution in [-0.4, -0.2) is 29.5 Å². The quantitative estimate of drug-likeness (QED) is 0.811. The molecule has 0 bridgehead atoms. The number of aromatic nitrogens is 1. The van der Waals surface area contributed by atoms with Gasteiger partial charge in [0.2, 0.25) is 0 Å². The van der Waals surface area contributed by atoms with Gasteiger partial charge in [-0.15, -0.1) is 6.58 Å². The molecule has 1 aliphatic rings. The van der Waals surface area contributed by atoms with Gasteiger partial charge in [-0.25, -0.2) is 0 Å². The second-order valence-electron chi connectivity index (χ2n) is 4.78. The Morgan fingerprint density at radius 3 is 3.00 bits per heavy atom. The molecule has 0 saturated carbocycles. The van der Waals surface area contributed by atoms with Gasteiger partial charge in [0.15, 0.2) is 0 Å². The van der Waals surface area contributed by atoms with Gasteiger partial charge >= 0.3 is 0 Å². The van der Waals surface area contributed by atoms with E-state index < -0.39 is 0 Å². The second kappa shape index (κ2) is 4.83. The fourth-order valence-electron chi connectivity index (χ4n) is 2.64. The molecule has 1 aromatic carbocycles. The maximum Gasteiger partial charge on any atom is 0.0460 e. The molecule has 0 aliphatic carbocycles. The molecule has 0 spiro atoms. The topological polar surface area (TPSA) is 19.0 Å². The zero-order valence-corrected chi connectivity index (χ0v) is 10.5. The first-order valence-electron chi connectivity index (χ1n) is 6.47. The van der Waals surface area contributed by atoms with E-state index >= 15 is 0 Å². The summed E-state index contributed by atoms with van der Waals surface area (Å²) in [5.74, 6) is 0. The number of para-hydroxylation sites is 1. The minimum Gasteiger partial charge on any atom is -0.361 e. The van der Waals surface area contributed by atoms with Crippen molar-refractivity contribution in [2.45, 2.75) is 6.42 Å². The van der Waals surface area contributed by atoms with Crippen LogP contribution in [0.2, 0.25) is 0 Å². The lowest BCUT2D eigenvalue weighted by Crippen LogP contribution is -2.28. The van der Waals surface area contributed by atoms with Crippen LogP contribution in [0.25, 0.3) is 16.5 Å². The van der Waals surface area contributed by atoms with Crippen molar-refractivity contribution in [3.05, 3.63) is 54.8 Å². The monoisotopic (exact) mass is 238 g/mol. The zero-order valence-electron chi connectivity index (χ0n) is 10.5. The number of hydrogen-bond donors (Lipinski definition) is 1. The number of H-pyrrole nitrogens is 1. The Balaban J connectivity index is 1.90. The third-order valence-corrected chi connectivity index (χ3v) is 3.62. The second-order valence-corrected chi connectivity index (χ2v) is 4.78. The van der Waals surface area contributed by atoms with Crippen molar-refractivity contribution in [3.8, 4) is 0 Å². The Morgan fingerprint density at radius 2 is 2.22 bits per heavy atom. The van der Waals surface area contributed by atoms with Crippen LogP contribution >= 0.6 is 0 Å². The molecular weight excluding hydrogens is 220 g/mol. The molecule has 0 atom stereocenters. The molecule has 0 unspecified atom stereocenters. The van der Waals surface area contributed by atoms with Crippen molar-refractivity contribution in [1.29, 1.82) is 0 Å². The summed E-state index contributed by atoms with van der Waals surface area (Å²) in [5, 5.41) is 1.33. The average Bonchev–Trinajstić information content (AvgIpc) is 2.84. The van der Waals surface area contributed by atoms with Crippen LogP contribution in [0.4, 0.5) is 0 Å². The van der Waals surface area contributed by atoms with Gasteiger partial charge in [0.05, 0.1) is 0 Å². The maximum absolute atomic E-state index is 3.80. The smallest absolute Gasteiger partial charge is 0.0460 e. The van der Waals surface area contributed by atoms with Crippen molar-refractivity contribution in [1.82, 2.24) is 9.88 Å². The minimum absolute atomic E-state index is 0.984. The molecule has 2 heterocycles. The Morgan fingerprint density at radius 1 is 1.33 bits per heavy atom. The number of nitrogens with zero attached hydrogens (tertiary/aromatic N) is 1. The molecule has 0 radical (unpaired) electrons. The summed E-state index contributed by atoms with van der Waals surface area (Å²) >= 11 is 0. The molecule has 2 aromatic rings. The lowest BCUT2D eigenvalue weighted by atomic mass is 9.99. The Bertz CT molecular complexity index is 592. The maximum atomic E-state index is 3.80. The van der Waals surface area contributed by atoms with Crippen molar-refractivity contribution in [3.63, 3.8) is 0 Å². The highest BCUT2D eigenvalue weighted by Crippen LogP contribution is 2.28. The average molecular weight is 238 g/mol. The third-order valence-electron chi connectivity index (χ3n) is 3.62. The van der Waals surface area contributed by atoms with Crippen molar-refractivity contribution in [2.75, 3.05) is 19.6 Å². The summed E-state index contributed by atoms with van der Waals surface area (Å²) in [6, 6.07) is 8.50. The van der Waals surface area contributed by atoms with E-state index in [2.05, 4.69) is 53.0 Å². The largest absolute Gasteiger partial charge is 0.361 e. The molecule has 0 amide bonds. The zero-order chi connectivity index (χ0) is 12.4. The van der Waals surface area contributed by atoms with E-state index in [-0.39, 0.29) is 0 Å². The summed E-state index contributed by atoms with van der Waals surface area (Å²) in [6.07, 6.45) is 7.59. The van der Waals surface area contributed by atoms with E-state index in [4.69, 9.17) is 0 Å². The summed E-state index contributed by atoms with van der Waals surface area (Å²) in [7, 11) is 0. The van der Waals surface area contributed by atoms with E-state index in [1.165, 1.54) is 22.0 Å². The number of rotatable bonds is 3. The molecule has 1 aromatic heterocycles. The van der Waals surface area contributed by atoms with Gasteiger partial charge in [0.1, 0.15) is 0 Å². The molecule has 2 nitrogen and oxygen atoms in total. The van der Waals surface area contributed by atoms with Crippen molar-refractivity contribution in [2.24, 2.45) is 0 Å². The van der Waals surface area contributed by atoms with Crippen molar-refractivity contribution >= 4 is 16.5 Å². The molecule has 0 saturated heterocycles. The van der Waals surface area contributed by atoms with Crippen LogP contribution in [0.3, 0.4) is 0 Å². The predicted octanol–water partition coefficient (Wildman–Crippen LogP) is 3.44. The summed E-state index contributed by atoms with van der Waals surface area (Å²) in [4.78, 5) is 5.76. The van der Waals surface area contributed by atoms with Crippen LogP contribution < -0.4 is 0 Å². The van der Waals surface area contributed by atoms with Gasteiger partial charge in [-0.3, -0.25) is 4.90 Å². The van der Waals surface area contributed by atoms with E-state index in [1.807, 2.05) is 6.08 Å². The van der Waals surface area contributed by atoms with E-state index in [0.717, 1.165) is 26.1 Å². The van der Waals surface area contributed by atoms with Crippen LogP contribution in [0.5, 0.6) is 0 Å². The van der Waals surface area contributed by atoms with Gasteiger partial charge in [0, 0.05) is 42.3 Å². The van der Waals surface area contributed by atoms with Crippen LogP contribution in [0.15, 0.2) is 49.2 Å². The normalized spacial score (nSPS) is 16.8. The number of fused-ring (bicyclic) bond motifs is 1. The summed E-state index contributed by atoms with van der Waals surface area (Å²) in [5.41, 5.74) is 4.05. The minimum atomic E-state index is 0.984. The standard InChI is InChI=1S/C16H18N2/c1-2-9-18-10-7-13(8-11-18)15-12-17-16-6-4-3-5-14(15)16/h2-7,12,17H,1,8-11H2. The molecule has 1 aliphatic heterocycles. The number of benzene rings is 1. The van der Waals surface area contributed by atoms with E-state index in [0.29, 0.717) is 0 Å². The lowest BCUT2D eigenvalue weighted by molar-refractivity contribution is 0.335. The van der Waals surface area contributed by atoms with E-state index in [1.54, 1.807) is 0 Å². The van der Waals surface area contributed by atoms with Gasteiger partial charge < -0.3 is 4.98 Å². The predicted molar refractivity (Wildman–Crippen MR) is 77.5 cm³/mol. The number of hydrogen-bond acceptors (Lipinski definition) is 1. The molecular formula is C16H18N2. The van der Waals surface area contributed by atoms with Gasteiger partial charge in [-0.05, 0) is 18.1 Å². The first-order valence-corrected chi connectivity index (χ1v) is 6.47. The first kappa shape index (κ1) is 11.3. The molecule has 92 valence electrons. The molecule has 18 heavy (non-hydrogen) atoms. The Labute approximate surface area is 108 Å². The van der Waals surface area contributed by atoms with Crippen molar-refractivity contribution < 1.29 is 0 Å². The fraction of sp³-hybridized carbons (Fsp3) is 0.250. The molecule has 2 heteroatoms. The first-order chi connectivity index (χ1) is 8.88.